The van der Waals surface area contributed by atoms with Gasteiger partial charge in [-0.15, -0.1) is 0 Å². The number of hydrogen-bond acceptors (Lipinski definition) is 4. The molecule has 22 heavy (non-hydrogen) atoms. The van der Waals surface area contributed by atoms with E-state index in [1.54, 1.807) is 6.07 Å². The van der Waals surface area contributed by atoms with Gasteiger partial charge in [0.15, 0.2) is 0 Å². The molecule has 1 aliphatic heterocycles. The number of carbonyl (C=O) groups is 2. The van der Waals surface area contributed by atoms with E-state index in [1.807, 2.05) is 6.92 Å². The van der Waals surface area contributed by atoms with Gasteiger partial charge in [0.2, 0.25) is 5.91 Å². The average molecular weight is 307 g/mol. The normalized spacial score (nSPS) is 16.8. The molecule has 1 atom stereocenters. The van der Waals surface area contributed by atoms with Crippen molar-refractivity contribution in [1.29, 1.82) is 0 Å². The van der Waals surface area contributed by atoms with Gasteiger partial charge in [0.25, 0.3) is 0 Å². The first-order chi connectivity index (χ1) is 10.5. The van der Waals surface area contributed by atoms with Gasteiger partial charge >= 0.3 is 5.97 Å². The maximum Gasteiger partial charge on any atom is 0.335 e. The Morgan fingerprint density at radius 1 is 1.36 bits per heavy atom. The summed E-state index contributed by atoms with van der Waals surface area (Å²) in [4.78, 5) is 23.3. The molecule has 1 saturated heterocycles. The van der Waals surface area contributed by atoms with Gasteiger partial charge in [-0.1, -0.05) is 6.92 Å². The van der Waals surface area contributed by atoms with Crippen LogP contribution in [0.25, 0.3) is 0 Å². The number of hydrogen-bond donors (Lipinski definition) is 2. The van der Waals surface area contributed by atoms with E-state index in [0.29, 0.717) is 30.6 Å². The number of carboxylic acids is 1. The quantitative estimate of drug-likeness (QED) is 0.872. The summed E-state index contributed by atoms with van der Waals surface area (Å²) in [5, 5.41) is 11.8. The van der Waals surface area contributed by atoms with Crippen molar-refractivity contribution in [2.75, 3.05) is 25.6 Å². The molecule has 1 aromatic carbocycles. The van der Waals surface area contributed by atoms with Crippen molar-refractivity contribution < 1.29 is 24.2 Å². The number of nitrogens with one attached hydrogen (secondary N) is 1. The van der Waals surface area contributed by atoms with Gasteiger partial charge in [-0.25, -0.2) is 4.79 Å². The number of ether oxygens (including phenoxy) is 2. The van der Waals surface area contributed by atoms with Crippen molar-refractivity contribution in [3.05, 3.63) is 23.8 Å². The molecule has 1 unspecified atom stereocenters. The topological polar surface area (TPSA) is 84.9 Å². The zero-order valence-electron chi connectivity index (χ0n) is 12.8. The second-order valence-electron chi connectivity index (χ2n) is 5.45. The second kappa shape index (κ2) is 7.26. The van der Waals surface area contributed by atoms with Gasteiger partial charge in [-0.05, 0) is 37.0 Å². The fourth-order valence-electron chi connectivity index (χ4n) is 2.60. The summed E-state index contributed by atoms with van der Waals surface area (Å²) >= 11 is 0. The number of benzene rings is 1. The maximum atomic E-state index is 12.4. The zero-order valence-corrected chi connectivity index (χ0v) is 12.8. The first-order valence-corrected chi connectivity index (χ1v) is 7.33. The van der Waals surface area contributed by atoms with E-state index in [0.717, 1.165) is 12.8 Å². The van der Waals surface area contributed by atoms with Gasteiger partial charge in [-0.3, -0.25) is 4.79 Å². The molecule has 0 aromatic heterocycles. The molecule has 0 aliphatic carbocycles. The Labute approximate surface area is 129 Å². The average Bonchev–Trinajstić information content (AvgIpc) is 2.55. The van der Waals surface area contributed by atoms with Crippen LogP contribution in [-0.2, 0) is 9.53 Å². The maximum absolute atomic E-state index is 12.4. The van der Waals surface area contributed by atoms with Crippen LogP contribution in [0.2, 0.25) is 0 Å². The van der Waals surface area contributed by atoms with Crippen LogP contribution in [0.5, 0.6) is 5.75 Å². The Morgan fingerprint density at radius 2 is 2.05 bits per heavy atom. The van der Waals surface area contributed by atoms with Crippen LogP contribution >= 0.6 is 0 Å². The number of anilines is 1. The Balaban J connectivity index is 2.08. The number of amides is 1. The van der Waals surface area contributed by atoms with Crippen molar-refractivity contribution in [1.82, 2.24) is 0 Å². The van der Waals surface area contributed by atoms with E-state index in [2.05, 4.69) is 5.32 Å². The van der Waals surface area contributed by atoms with Gasteiger partial charge in [0, 0.05) is 19.1 Å². The highest BCUT2D eigenvalue weighted by atomic mass is 16.5. The molecule has 1 heterocycles. The molecular weight excluding hydrogens is 286 g/mol. The Kier molecular flexibility index (Phi) is 5.38. The lowest BCUT2D eigenvalue weighted by atomic mass is 9.86. The van der Waals surface area contributed by atoms with E-state index in [1.165, 1.54) is 19.2 Å². The molecule has 2 rings (SSSR count). The largest absolute Gasteiger partial charge is 0.495 e. The van der Waals surface area contributed by atoms with Crippen LogP contribution in [0.1, 0.15) is 30.1 Å². The first kappa shape index (κ1) is 16.3. The monoisotopic (exact) mass is 307 g/mol. The number of aromatic carboxylic acids is 1. The molecule has 1 aliphatic rings. The van der Waals surface area contributed by atoms with Crippen molar-refractivity contribution >= 4 is 17.6 Å². The van der Waals surface area contributed by atoms with Crippen molar-refractivity contribution in [2.24, 2.45) is 11.8 Å². The van der Waals surface area contributed by atoms with E-state index in [9.17, 15) is 9.59 Å². The van der Waals surface area contributed by atoms with Crippen LogP contribution < -0.4 is 10.1 Å². The molecule has 6 nitrogen and oxygen atoms in total. The molecule has 1 amide bonds. The first-order valence-electron chi connectivity index (χ1n) is 7.33. The predicted molar refractivity (Wildman–Crippen MR) is 81.3 cm³/mol. The summed E-state index contributed by atoms with van der Waals surface area (Å²) in [5.41, 5.74) is 0.601. The molecule has 1 aromatic rings. The predicted octanol–water partition coefficient (Wildman–Crippen LogP) is 2.39. The minimum absolute atomic E-state index is 0.0896. The lowest BCUT2D eigenvalue weighted by Gasteiger charge is -2.27. The standard InChI is InChI=1S/C16H21NO5/c1-10(11-5-7-22-8-6-11)15(18)17-13-4-3-12(16(19)20)9-14(13)21-2/h3-4,9-11H,5-8H2,1-2H3,(H,17,18)(H,19,20). The zero-order chi connectivity index (χ0) is 16.1. The van der Waals surface area contributed by atoms with Crippen LogP contribution in [0, 0.1) is 11.8 Å². The Bertz CT molecular complexity index is 551. The fourth-order valence-corrected chi connectivity index (χ4v) is 2.60. The van der Waals surface area contributed by atoms with Crippen molar-refractivity contribution in [3.63, 3.8) is 0 Å². The van der Waals surface area contributed by atoms with Crippen LogP contribution in [0.4, 0.5) is 5.69 Å². The molecule has 0 bridgehead atoms. The summed E-state index contributed by atoms with van der Waals surface area (Å²) < 4.78 is 10.5. The van der Waals surface area contributed by atoms with Gasteiger partial charge in [0.05, 0.1) is 18.4 Å². The molecular formula is C16H21NO5. The van der Waals surface area contributed by atoms with Gasteiger partial charge in [0.1, 0.15) is 5.75 Å². The third-order valence-electron chi connectivity index (χ3n) is 4.09. The van der Waals surface area contributed by atoms with E-state index < -0.39 is 5.97 Å². The minimum atomic E-state index is -1.04. The van der Waals surface area contributed by atoms with Crippen molar-refractivity contribution in [3.8, 4) is 5.75 Å². The van der Waals surface area contributed by atoms with Gasteiger partial charge < -0.3 is 19.9 Å². The minimum Gasteiger partial charge on any atom is -0.495 e. The summed E-state index contributed by atoms with van der Waals surface area (Å²) in [7, 11) is 1.44. The van der Waals surface area contributed by atoms with E-state index in [4.69, 9.17) is 14.6 Å². The van der Waals surface area contributed by atoms with Crippen LogP contribution in [-0.4, -0.2) is 37.3 Å². The highest BCUT2D eigenvalue weighted by Gasteiger charge is 2.26. The summed E-state index contributed by atoms with van der Waals surface area (Å²) in [6, 6.07) is 4.40. The number of rotatable bonds is 5. The number of methoxy groups -OCH3 is 1. The number of carbonyl (C=O) groups excluding carboxylic acids is 1. The molecule has 0 radical (unpaired) electrons. The summed E-state index contributed by atoms with van der Waals surface area (Å²) in [6.07, 6.45) is 1.76. The third-order valence-corrected chi connectivity index (χ3v) is 4.09. The third kappa shape index (κ3) is 3.76. The van der Waals surface area contributed by atoms with E-state index in [-0.39, 0.29) is 17.4 Å². The van der Waals surface area contributed by atoms with Crippen LogP contribution in [0.15, 0.2) is 18.2 Å². The number of carboxylic acid groups (broad SMARTS) is 1. The van der Waals surface area contributed by atoms with E-state index >= 15 is 0 Å². The molecule has 0 saturated carbocycles. The van der Waals surface area contributed by atoms with Gasteiger partial charge in [-0.2, -0.15) is 0 Å². The molecule has 1 fully saturated rings. The molecule has 120 valence electrons. The summed E-state index contributed by atoms with van der Waals surface area (Å²) in [5.74, 6) is -0.613. The lowest BCUT2D eigenvalue weighted by molar-refractivity contribution is -0.122. The lowest BCUT2D eigenvalue weighted by Crippen LogP contribution is -2.31. The Morgan fingerprint density at radius 3 is 2.64 bits per heavy atom. The van der Waals surface area contributed by atoms with Crippen LogP contribution in [0.3, 0.4) is 0 Å². The molecule has 6 heteroatoms. The molecule has 2 N–H and O–H groups in total. The fraction of sp³-hybridized carbons (Fsp3) is 0.500. The SMILES string of the molecule is COc1cc(C(=O)O)ccc1NC(=O)C(C)C1CCOCC1. The highest BCUT2D eigenvalue weighted by molar-refractivity contribution is 5.95. The molecule has 0 spiro atoms. The smallest absolute Gasteiger partial charge is 0.335 e. The van der Waals surface area contributed by atoms with Crippen molar-refractivity contribution in [2.45, 2.75) is 19.8 Å². The summed E-state index contributed by atoms with van der Waals surface area (Å²) in [6.45, 7) is 3.29. The highest BCUT2D eigenvalue weighted by Crippen LogP contribution is 2.29. The second-order valence-corrected chi connectivity index (χ2v) is 5.45. The Hall–Kier alpha value is -2.08.